The third kappa shape index (κ3) is 3.38. The number of aromatic nitrogens is 4. The Morgan fingerprint density at radius 1 is 1.08 bits per heavy atom. The Labute approximate surface area is 233 Å². The Kier molecular flexibility index (Phi) is 5.60. The van der Waals surface area contributed by atoms with Crippen LogP contribution in [0.25, 0.3) is 11.4 Å². The van der Waals surface area contributed by atoms with Crippen LogP contribution in [0.2, 0.25) is 10.0 Å². The summed E-state index contributed by atoms with van der Waals surface area (Å²) in [7, 11) is 1.46. The number of amides is 2. The van der Waals surface area contributed by atoms with Gasteiger partial charge in [0.1, 0.15) is 5.82 Å². The van der Waals surface area contributed by atoms with Crippen molar-refractivity contribution in [1.82, 2.24) is 19.5 Å². The smallest absolute Gasteiger partial charge is 0.280 e. The van der Waals surface area contributed by atoms with Gasteiger partial charge in [-0.2, -0.15) is 4.98 Å². The van der Waals surface area contributed by atoms with Crippen LogP contribution in [0.3, 0.4) is 0 Å². The zero-order chi connectivity index (χ0) is 27.8. The van der Waals surface area contributed by atoms with Crippen molar-refractivity contribution in [3.63, 3.8) is 0 Å². The summed E-state index contributed by atoms with van der Waals surface area (Å²) in [5, 5.41) is 3.83. The lowest BCUT2D eigenvalue weighted by molar-refractivity contribution is -0.119. The van der Waals surface area contributed by atoms with E-state index in [-0.39, 0.29) is 23.6 Å². The Morgan fingerprint density at radius 3 is 2.51 bits per heavy atom. The number of carbonyl (C=O) groups excluding carboxylic acids is 2. The SMILES string of the molecule is COc1nc(N)ncc1-c1nc2c(n1C(C)C)[C@]1(C(=O)Nc3cc(Cl)ccc31)N(c1cc(Cl)ccc1C)C2=O. The van der Waals surface area contributed by atoms with Gasteiger partial charge in [-0.1, -0.05) is 35.3 Å². The first kappa shape index (κ1) is 25.1. The first-order valence-electron chi connectivity index (χ1n) is 12.1. The average Bonchev–Trinajstić information content (AvgIpc) is 3.49. The van der Waals surface area contributed by atoms with Crippen molar-refractivity contribution in [1.29, 1.82) is 0 Å². The van der Waals surface area contributed by atoms with Crippen molar-refractivity contribution in [3.05, 3.63) is 75.2 Å². The van der Waals surface area contributed by atoms with Crippen molar-refractivity contribution < 1.29 is 14.3 Å². The molecule has 6 rings (SSSR count). The van der Waals surface area contributed by atoms with Crippen LogP contribution in [0, 0.1) is 6.92 Å². The Hall–Kier alpha value is -4.15. The number of nitrogens with zero attached hydrogens (tertiary/aromatic N) is 5. The van der Waals surface area contributed by atoms with E-state index in [9.17, 15) is 9.59 Å². The first-order chi connectivity index (χ1) is 18.6. The number of nitrogen functional groups attached to an aromatic ring is 1. The van der Waals surface area contributed by atoms with Gasteiger partial charge in [0.05, 0.1) is 24.1 Å². The maximum absolute atomic E-state index is 14.4. The molecule has 0 fully saturated rings. The number of hydrogen-bond donors (Lipinski definition) is 2. The number of nitrogens with two attached hydrogens (primary N) is 1. The summed E-state index contributed by atoms with van der Waals surface area (Å²) < 4.78 is 7.34. The van der Waals surface area contributed by atoms with Gasteiger partial charge in [0.2, 0.25) is 11.8 Å². The fourth-order valence-electron chi connectivity index (χ4n) is 5.51. The van der Waals surface area contributed by atoms with Crippen molar-refractivity contribution in [2.75, 3.05) is 23.1 Å². The number of rotatable bonds is 4. The first-order valence-corrected chi connectivity index (χ1v) is 12.9. The summed E-state index contributed by atoms with van der Waals surface area (Å²) >= 11 is 12.7. The van der Waals surface area contributed by atoms with Gasteiger partial charge >= 0.3 is 0 Å². The molecule has 1 spiro atoms. The molecule has 0 saturated heterocycles. The molecule has 0 saturated carbocycles. The van der Waals surface area contributed by atoms with Gasteiger partial charge in [-0.25, -0.2) is 9.97 Å². The van der Waals surface area contributed by atoms with Crippen molar-refractivity contribution >= 4 is 52.3 Å². The quantitative estimate of drug-likeness (QED) is 0.358. The molecule has 39 heavy (non-hydrogen) atoms. The number of benzene rings is 2. The number of aryl methyl sites for hydroxylation is 1. The molecule has 1 atom stereocenters. The molecule has 12 heteroatoms. The molecule has 2 aromatic heterocycles. The van der Waals surface area contributed by atoms with E-state index in [0.29, 0.717) is 44.1 Å². The maximum atomic E-state index is 14.4. The van der Waals surface area contributed by atoms with Crippen LogP contribution >= 0.6 is 23.2 Å². The van der Waals surface area contributed by atoms with Crippen molar-refractivity contribution in [2.24, 2.45) is 0 Å². The van der Waals surface area contributed by atoms with Gasteiger partial charge in [-0.05, 0) is 50.6 Å². The Bertz CT molecular complexity index is 1720. The summed E-state index contributed by atoms with van der Waals surface area (Å²) in [5.74, 6) is -0.274. The molecule has 0 unspecified atom stereocenters. The van der Waals surface area contributed by atoms with Crippen LogP contribution in [-0.4, -0.2) is 38.4 Å². The molecular weight excluding hydrogens is 541 g/mol. The highest BCUT2D eigenvalue weighted by Crippen LogP contribution is 2.55. The van der Waals surface area contributed by atoms with Gasteiger partial charge in [0.25, 0.3) is 11.8 Å². The summed E-state index contributed by atoms with van der Waals surface area (Å²) in [5.41, 5.74) is 7.48. The fraction of sp³-hybridized carbons (Fsp3) is 0.222. The second kappa shape index (κ2) is 8.69. The molecule has 198 valence electrons. The lowest BCUT2D eigenvalue weighted by Crippen LogP contribution is -2.51. The lowest BCUT2D eigenvalue weighted by atomic mass is 9.86. The third-order valence-electron chi connectivity index (χ3n) is 7.08. The van der Waals surface area contributed by atoms with Crippen LogP contribution in [0.5, 0.6) is 5.88 Å². The number of nitrogens with one attached hydrogen (secondary N) is 1. The lowest BCUT2D eigenvalue weighted by Gasteiger charge is -2.36. The third-order valence-corrected chi connectivity index (χ3v) is 7.55. The minimum atomic E-state index is -1.60. The molecule has 0 aliphatic carbocycles. The van der Waals surface area contributed by atoms with E-state index in [1.165, 1.54) is 18.2 Å². The number of halogens is 2. The number of methoxy groups -OCH3 is 1. The average molecular weight is 564 g/mol. The molecule has 4 aromatic rings. The minimum Gasteiger partial charge on any atom is -0.480 e. The number of imidazole rings is 1. The minimum absolute atomic E-state index is 0.0296. The second-order valence-electron chi connectivity index (χ2n) is 9.67. The van der Waals surface area contributed by atoms with Gasteiger partial charge in [0.15, 0.2) is 11.2 Å². The number of carbonyl (C=O) groups is 2. The maximum Gasteiger partial charge on any atom is 0.280 e. The molecule has 0 bridgehead atoms. The van der Waals surface area contributed by atoms with Gasteiger partial charge in [0, 0.05) is 33.5 Å². The Balaban J connectivity index is 1.74. The van der Waals surface area contributed by atoms with E-state index in [1.54, 1.807) is 30.3 Å². The van der Waals surface area contributed by atoms with E-state index >= 15 is 0 Å². The molecule has 10 nitrogen and oxygen atoms in total. The van der Waals surface area contributed by atoms with Crippen LogP contribution in [0.4, 0.5) is 17.3 Å². The molecule has 2 aliphatic heterocycles. The van der Waals surface area contributed by atoms with Gasteiger partial charge in [-0.3, -0.25) is 14.5 Å². The monoisotopic (exact) mass is 563 g/mol. The zero-order valence-electron chi connectivity index (χ0n) is 21.4. The summed E-state index contributed by atoms with van der Waals surface area (Å²) in [6.07, 6.45) is 1.50. The van der Waals surface area contributed by atoms with Gasteiger partial charge < -0.3 is 20.4 Å². The number of ether oxygens (including phenoxy) is 1. The molecule has 0 radical (unpaired) electrons. The normalized spacial score (nSPS) is 17.7. The van der Waals surface area contributed by atoms with Crippen LogP contribution in [0.15, 0.2) is 42.6 Å². The highest BCUT2D eigenvalue weighted by Gasteiger charge is 2.64. The molecular formula is C27H23Cl2N7O3. The van der Waals surface area contributed by atoms with E-state index in [1.807, 2.05) is 31.4 Å². The van der Waals surface area contributed by atoms with Crippen LogP contribution in [0.1, 0.15) is 47.2 Å². The van der Waals surface area contributed by atoms with Crippen LogP contribution < -0.4 is 20.7 Å². The molecule has 2 aromatic carbocycles. The summed E-state index contributed by atoms with van der Waals surface area (Å²) in [6, 6.07) is 10.1. The van der Waals surface area contributed by atoms with Gasteiger partial charge in [-0.15, -0.1) is 0 Å². The highest BCUT2D eigenvalue weighted by molar-refractivity contribution is 6.32. The predicted octanol–water partition coefficient (Wildman–Crippen LogP) is 4.98. The summed E-state index contributed by atoms with van der Waals surface area (Å²) in [4.78, 5) is 43.3. The van der Waals surface area contributed by atoms with Crippen LogP contribution in [-0.2, 0) is 10.3 Å². The fourth-order valence-corrected chi connectivity index (χ4v) is 5.85. The largest absolute Gasteiger partial charge is 0.480 e. The molecule has 3 N–H and O–H groups in total. The van der Waals surface area contributed by atoms with E-state index < -0.39 is 17.4 Å². The highest BCUT2D eigenvalue weighted by atomic mass is 35.5. The molecule has 4 heterocycles. The summed E-state index contributed by atoms with van der Waals surface area (Å²) in [6.45, 7) is 5.74. The van der Waals surface area contributed by atoms with Crippen molar-refractivity contribution in [3.8, 4) is 17.3 Å². The number of anilines is 3. The second-order valence-corrected chi connectivity index (χ2v) is 10.5. The molecule has 2 aliphatic rings. The predicted molar refractivity (Wildman–Crippen MR) is 148 cm³/mol. The van der Waals surface area contributed by atoms with E-state index in [4.69, 9.17) is 38.7 Å². The Morgan fingerprint density at radius 2 is 1.79 bits per heavy atom. The van der Waals surface area contributed by atoms with Crippen molar-refractivity contribution in [2.45, 2.75) is 32.4 Å². The van der Waals surface area contributed by atoms with E-state index in [0.717, 1.165) is 5.56 Å². The zero-order valence-corrected chi connectivity index (χ0v) is 22.9. The standard InChI is InChI=1S/C27H23Cl2N7O3/c1-12(2)35-21-20(33-22(35)16-11-31-26(30)34-23(16)39-4)24(37)36(19-10-15(29)6-5-13(19)3)27(21)17-8-7-14(28)9-18(17)32-25(27)38/h5-12H,1-4H3,(H,32,38)(H2,30,31,34)/t27-/m1/s1. The number of fused-ring (bicyclic) bond motifs is 4. The topological polar surface area (TPSA) is 128 Å². The van der Waals surface area contributed by atoms with E-state index in [2.05, 4.69) is 15.3 Å². The number of hydrogen-bond acceptors (Lipinski definition) is 7. The molecule has 2 amide bonds.